The van der Waals surface area contributed by atoms with Gasteiger partial charge in [-0.2, -0.15) is 4.98 Å². The predicted octanol–water partition coefficient (Wildman–Crippen LogP) is 1.77. The second-order valence-corrected chi connectivity index (χ2v) is 10.3. The first-order valence-corrected chi connectivity index (χ1v) is 13.5. The minimum Gasteiger partial charge on any atom is -0.338 e. The molecule has 1 aliphatic heterocycles. The topological polar surface area (TPSA) is 143 Å². The van der Waals surface area contributed by atoms with Gasteiger partial charge >= 0.3 is 11.7 Å². The molecule has 12 heteroatoms. The molecule has 1 atom stereocenters. The van der Waals surface area contributed by atoms with Crippen molar-refractivity contribution < 1.29 is 9.59 Å². The average molecular weight is 561 g/mol. The summed E-state index contributed by atoms with van der Waals surface area (Å²) in [6.07, 6.45) is 6.06. The number of anilines is 1. The third-order valence-corrected chi connectivity index (χ3v) is 7.57. The molecule has 0 bridgehead atoms. The van der Waals surface area contributed by atoms with E-state index in [0.717, 1.165) is 38.8 Å². The lowest BCUT2D eigenvalue weighted by molar-refractivity contribution is -0.133. The number of rotatable bonds is 7. The number of nitrogens with two attached hydrogens (primary N) is 2. The third kappa shape index (κ3) is 7.78. The molecule has 1 saturated heterocycles. The highest BCUT2D eigenvalue weighted by Gasteiger charge is 2.26. The molecule has 1 aliphatic carbocycles. The lowest BCUT2D eigenvalue weighted by atomic mass is 9.90. The van der Waals surface area contributed by atoms with Crippen molar-refractivity contribution in [2.24, 2.45) is 11.5 Å². The van der Waals surface area contributed by atoms with E-state index in [4.69, 9.17) is 11.5 Å². The van der Waals surface area contributed by atoms with E-state index in [2.05, 4.69) is 22.1 Å². The summed E-state index contributed by atoms with van der Waals surface area (Å²) in [5.41, 5.74) is 13.2. The summed E-state index contributed by atoms with van der Waals surface area (Å²) >= 11 is 0. The smallest absolute Gasteiger partial charge is 0.338 e. The van der Waals surface area contributed by atoms with Crippen LogP contribution < -0.4 is 22.5 Å². The van der Waals surface area contributed by atoms with Gasteiger partial charge in [0.25, 0.3) is 0 Å². The Labute approximate surface area is 235 Å². The molecule has 1 aromatic heterocycles. The number of piperazine rings is 1. The lowest BCUT2D eigenvalue weighted by Crippen LogP contribution is -2.54. The number of halogens is 1. The minimum atomic E-state index is -0.560. The molecule has 2 aromatic rings. The van der Waals surface area contributed by atoms with Gasteiger partial charge < -0.3 is 21.3 Å². The molecule has 214 valence electrons. The summed E-state index contributed by atoms with van der Waals surface area (Å²) in [5.74, 6) is 0.0632. The van der Waals surface area contributed by atoms with Crippen molar-refractivity contribution in [3.05, 3.63) is 52.6 Å². The van der Waals surface area contributed by atoms with Gasteiger partial charge in [0.2, 0.25) is 5.91 Å². The van der Waals surface area contributed by atoms with Crippen molar-refractivity contribution in [3.63, 3.8) is 0 Å². The highest BCUT2D eigenvalue weighted by molar-refractivity contribution is 5.88. The van der Waals surface area contributed by atoms with Crippen LogP contribution in [0.15, 0.2) is 41.3 Å². The van der Waals surface area contributed by atoms with Crippen LogP contribution in [-0.2, 0) is 11.3 Å². The number of carbonyl (C=O) groups excluding carboxylic acids is 2. The lowest BCUT2D eigenvalue weighted by Gasteiger charge is -2.35. The standard InChI is InChI=1S/C27H40N8O3.ClH/c1-3-32(22-10-6-21(29)7-11-22)18-20-4-8-23(9-5-20)35-13-12-24(31-27(35)38)30-26(37)34-16-14-33(15-17-34)25(36)19(2)28;/h4-5,8-9,12-13,19,21-22H,3,6-7,10-11,14-18,28-29H2,1-2H3,(H,30,31,37,38);1H/t19-,21-,22-;/m1./s1. The van der Waals surface area contributed by atoms with Gasteiger partial charge in [-0.05, 0) is 62.9 Å². The zero-order valence-corrected chi connectivity index (χ0v) is 23.6. The normalized spacial score (nSPS) is 20.3. The second-order valence-electron chi connectivity index (χ2n) is 10.3. The van der Waals surface area contributed by atoms with E-state index in [9.17, 15) is 14.4 Å². The Morgan fingerprint density at radius 2 is 1.67 bits per heavy atom. The number of amides is 3. The Bertz CT molecular complexity index is 1160. The summed E-state index contributed by atoms with van der Waals surface area (Å²) in [6.45, 7) is 7.31. The Morgan fingerprint density at radius 1 is 1.05 bits per heavy atom. The molecule has 39 heavy (non-hydrogen) atoms. The van der Waals surface area contributed by atoms with Crippen LogP contribution in [0.3, 0.4) is 0 Å². The van der Waals surface area contributed by atoms with E-state index in [1.54, 1.807) is 29.0 Å². The molecule has 1 saturated carbocycles. The molecule has 0 unspecified atom stereocenters. The van der Waals surface area contributed by atoms with Crippen LogP contribution in [0, 0.1) is 0 Å². The Balaban J connectivity index is 0.00000420. The first-order chi connectivity index (χ1) is 18.2. The minimum absolute atomic E-state index is 0. The molecular formula is C27H41ClN8O3. The van der Waals surface area contributed by atoms with Crippen molar-refractivity contribution in [2.45, 2.75) is 64.2 Å². The first-order valence-electron chi connectivity index (χ1n) is 13.5. The van der Waals surface area contributed by atoms with Crippen LogP contribution in [0.2, 0.25) is 0 Å². The summed E-state index contributed by atoms with van der Waals surface area (Å²) in [5, 5.41) is 2.69. The number of carbonyl (C=O) groups is 2. The Morgan fingerprint density at radius 3 is 2.23 bits per heavy atom. The van der Waals surface area contributed by atoms with E-state index in [1.165, 1.54) is 10.1 Å². The summed E-state index contributed by atoms with van der Waals surface area (Å²) in [6, 6.07) is 9.53. The summed E-state index contributed by atoms with van der Waals surface area (Å²) < 4.78 is 1.46. The number of hydrogen-bond donors (Lipinski definition) is 3. The van der Waals surface area contributed by atoms with Gasteiger partial charge in [-0.25, -0.2) is 9.59 Å². The van der Waals surface area contributed by atoms with Gasteiger partial charge in [0.05, 0.1) is 11.7 Å². The van der Waals surface area contributed by atoms with Crippen molar-refractivity contribution in [1.29, 1.82) is 0 Å². The van der Waals surface area contributed by atoms with Gasteiger partial charge in [-0.1, -0.05) is 19.1 Å². The highest BCUT2D eigenvalue weighted by Crippen LogP contribution is 2.24. The van der Waals surface area contributed by atoms with Gasteiger partial charge in [0.15, 0.2) is 0 Å². The number of hydrogen-bond acceptors (Lipinski definition) is 7. The molecule has 2 fully saturated rings. The number of urea groups is 1. The molecule has 0 spiro atoms. The van der Waals surface area contributed by atoms with Crippen LogP contribution in [0.25, 0.3) is 5.69 Å². The highest BCUT2D eigenvalue weighted by atomic mass is 35.5. The maximum Gasteiger partial charge on any atom is 0.354 e. The SMILES string of the molecule is CCN(Cc1ccc(-n2ccc(NC(=O)N3CCN(C(=O)[C@@H](C)N)CC3)nc2=O)cc1)[C@H]1CC[C@H](N)CC1.Cl. The summed E-state index contributed by atoms with van der Waals surface area (Å²) in [7, 11) is 0. The molecule has 1 aromatic carbocycles. The van der Waals surface area contributed by atoms with E-state index >= 15 is 0 Å². The van der Waals surface area contributed by atoms with Gasteiger partial charge in [-0.15, -0.1) is 12.4 Å². The van der Waals surface area contributed by atoms with Crippen molar-refractivity contribution in [3.8, 4) is 5.69 Å². The quantitative estimate of drug-likeness (QED) is 0.468. The number of benzene rings is 1. The van der Waals surface area contributed by atoms with E-state index in [0.29, 0.717) is 44.0 Å². The zero-order valence-electron chi connectivity index (χ0n) is 22.8. The van der Waals surface area contributed by atoms with Crippen LogP contribution in [0.1, 0.15) is 45.1 Å². The van der Waals surface area contributed by atoms with Crippen LogP contribution >= 0.6 is 12.4 Å². The fourth-order valence-corrected chi connectivity index (χ4v) is 5.24. The second kappa shape index (κ2) is 13.9. The van der Waals surface area contributed by atoms with E-state index in [-0.39, 0.29) is 30.2 Å². The average Bonchev–Trinajstić information content (AvgIpc) is 2.92. The largest absolute Gasteiger partial charge is 0.354 e. The molecule has 5 N–H and O–H groups in total. The molecule has 4 rings (SSSR count). The third-order valence-electron chi connectivity index (χ3n) is 7.57. The molecule has 2 aliphatic rings. The van der Waals surface area contributed by atoms with Crippen LogP contribution in [0.4, 0.5) is 10.6 Å². The molecule has 3 amide bonds. The predicted molar refractivity (Wildman–Crippen MR) is 154 cm³/mol. The van der Waals surface area contributed by atoms with E-state index < -0.39 is 11.7 Å². The molecule has 11 nitrogen and oxygen atoms in total. The number of aromatic nitrogens is 2. The maximum absolute atomic E-state index is 12.7. The zero-order chi connectivity index (χ0) is 27.2. The maximum atomic E-state index is 12.7. The monoisotopic (exact) mass is 560 g/mol. The van der Waals surface area contributed by atoms with E-state index in [1.807, 2.05) is 24.3 Å². The van der Waals surface area contributed by atoms with Crippen molar-refractivity contribution in [1.82, 2.24) is 24.3 Å². The van der Waals surface area contributed by atoms with Gasteiger partial charge in [0, 0.05) is 51.0 Å². The fourth-order valence-electron chi connectivity index (χ4n) is 5.24. The molecule has 0 radical (unpaired) electrons. The van der Waals surface area contributed by atoms with Crippen LogP contribution in [0.5, 0.6) is 0 Å². The number of nitrogens with zero attached hydrogens (tertiary/aromatic N) is 5. The first kappa shape index (κ1) is 30.6. The van der Waals surface area contributed by atoms with Gasteiger partial charge in [0.1, 0.15) is 5.82 Å². The molecular weight excluding hydrogens is 520 g/mol. The van der Waals surface area contributed by atoms with Crippen molar-refractivity contribution >= 4 is 30.2 Å². The molecule has 2 heterocycles. The Hall–Kier alpha value is -2.99. The van der Waals surface area contributed by atoms with Crippen LogP contribution in [-0.4, -0.2) is 87.0 Å². The van der Waals surface area contributed by atoms with Crippen molar-refractivity contribution in [2.75, 3.05) is 38.0 Å². The Kier molecular flexibility index (Phi) is 10.9. The summed E-state index contributed by atoms with van der Waals surface area (Å²) in [4.78, 5) is 47.2. The van der Waals surface area contributed by atoms with Gasteiger partial charge in [-0.3, -0.25) is 19.6 Å². The fraction of sp³-hybridized carbons (Fsp3) is 0.556. The number of nitrogens with one attached hydrogen (secondary N) is 1.